The fourth-order valence-corrected chi connectivity index (χ4v) is 2.55. The number of hydrogen-bond donors (Lipinski definition) is 1. The molecule has 1 aromatic rings. The van der Waals surface area contributed by atoms with Gasteiger partial charge in [0, 0.05) is 6.54 Å². The molecule has 0 bridgehead atoms. The highest BCUT2D eigenvalue weighted by Gasteiger charge is 2.18. The summed E-state index contributed by atoms with van der Waals surface area (Å²) in [6, 6.07) is 4.34. The Labute approximate surface area is 103 Å². The number of methoxy groups -OCH3 is 2. The second-order valence-corrected chi connectivity index (χ2v) is 4.62. The van der Waals surface area contributed by atoms with Crippen molar-refractivity contribution in [1.29, 1.82) is 0 Å². The van der Waals surface area contributed by atoms with Gasteiger partial charge in [-0.05, 0) is 49.4 Å². The molecular weight excluding hydrogens is 214 g/mol. The summed E-state index contributed by atoms with van der Waals surface area (Å²) in [6.45, 7) is 4.28. The van der Waals surface area contributed by atoms with Crippen molar-refractivity contribution >= 4 is 0 Å². The Bertz CT molecular complexity index is 384. The van der Waals surface area contributed by atoms with E-state index in [2.05, 4.69) is 24.4 Å². The van der Waals surface area contributed by atoms with Crippen LogP contribution in [0.1, 0.15) is 29.9 Å². The van der Waals surface area contributed by atoms with Crippen LogP contribution < -0.4 is 14.8 Å². The predicted molar refractivity (Wildman–Crippen MR) is 69.1 cm³/mol. The molecular formula is C14H21NO2. The van der Waals surface area contributed by atoms with Crippen molar-refractivity contribution in [3.63, 3.8) is 0 Å². The summed E-state index contributed by atoms with van der Waals surface area (Å²) in [5.41, 5.74) is 2.50. The molecule has 2 rings (SSSR count). The summed E-state index contributed by atoms with van der Waals surface area (Å²) in [7, 11) is 3.38. The summed E-state index contributed by atoms with van der Waals surface area (Å²) in [5.74, 6) is 2.29. The molecule has 1 unspecified atom stereocenters. The van der Waals surface area contributed by atoms with E-state index >= 15 is 0 Å². The SMILES string of the molecule is COc1cc(C2CCCNC2)cc(C)c1OC. The van der Waals surface area contributed by atoms with E-state index < -0.39 is 0 Å². The lowest BCUT2D eigenvalue weighted by Gasteiger charge is -2.24. The average Bonchev–Trinajstić information content (AvgIpc) is 2.38. The van der Waals surface area contributed by atoms with Gasteiger partial charge in [0.15, 0.2) is 11.5 Å². The van der Waals surface area contributed by atoms with E-state index in [1.54, 1.807) is 14.2 Å². The van der Waals surface area contributed by atoms with Crippen molar-refractivity contribution in [2.45, 2.75) is 25.7 Å². The Morgan fingerprint density at radius 1 is 1.24 bits per heavy atom. The number of rotatable bonds is 3. The molecule has 1 atom stereocenters. The molecule has 0 aliphatic carbocycles. The number of hydrogen-bond acceptors (Lipinski definition) is 3. The van der Waals surface area contributed by atoms with Gasteiger partial charge in [-0.15, -0.1) is 0 Å². The average molecular weight is 235 g/mol. The number of ether oxygens (including phenoxy) is 2. The highest BCUT2D eigenvalue weighted by atomic mass is 16.5. The maximum absolute atomic E-state index is 5.40. The van der Waals surface area contributed by atoms with E-state index in [0.717, 1.165) is 30.2 Å². The third kappa shape index (κ3) is 2.55. The zero-order valence-corrected chi connectivity index (χ0v) is 10.9. The smallest absolute Gasteiger partial charge is 0.163 e. The molecule has 0 aromatic heterocycles. The lowest BCUT2D eigenvalue weighted by atomic mass is 9.90. The zero-order chi connectivity index (χ0) is 12.3. The molecule has 1 N–H and O–H groups in total. The topological polar surface area (TPSA) is 30.5 Å². The third-order valence-corrected chi connectivity index (χ3v) is 3.46. The van der Waals surface area contributed by atoms with Crippen LogP contribution in [0.25, 0.3) is 0 Å². The van der Waals surface area contributed by atoms with Gasteiger partial charge in [-0.25, -0.2) is 0 Å². The molecule has 0 spiro atoms. The van der Waals surface area contributed by atoms with Crippen LogP contribution in [0.15, 0.2) is 12.1 Å². The lowest BCUT2D eigenvalue weighted by Crippen LogP contribution is -2.28. The van der Waals surface area contributed by atoms with Gasteiger partial charge < -0.3 is 14.8 Å². The van der Waals surface area contributed by atoms with E-state index in [1.165, 1.54) is 18.4 Å². The molecule has 3 nitrogen and oxygen atoms in total. The van der Waals surface area contributed by atoms with Crippen molar-refractivity contribution in [3.05, 3.63) is 23.3 Å². The first-order chi connectivity index (χ1) is 8.26. The maximum Gasteiger partial charge on any atom is 0.163 e. The van der Waals surface area contributed by atoms with E-state index in [1.807, 2.05) is 0 Å². The lowest BCUT2D eigenvalue weighted by molar-refractivity contribution is 0.351. The number of nitrogens with one attached hydrogen (secondary N) is 1. The molecule has 3 heteroatoms. The van der Waals surface area contributed by atoms with Crippen LogP contribution in [0.3, 0.4) is 0 Å². The quantitative estimate of drug-likeness (QED) is 0.873. The standard InChI is InChI=1S/C14H21NO2/c1-10-7-12(11-5-4-6-15-9-11)8-13(16-2)14(10)17-3/h7-8,11,15H,4-6,9H2,1-3H3. The zero-order valence-electron chi connectivity index (χ0n) is 10.9. The van der Waals surface area contributed by atoms with Crippen LogP contribution in [0.4, 0.5) is 0 Å². The molecule has 94 valence electrons. The number of piperidine rings is 1. The predicted octanol–water partition coefficient (Wildman–Crippen LogP) is 2.48. The summed E-state index contributed by atoms with van der Waals surface area (Å²) in [5, 5.41) is 3.45. The van der Waals surface area contributed by atoms with Gasteiger partial charge in [0.2, 0.25) is 0 Å². The van der Waals surface area contributed by atoms with Crippen LogP contribution in [0.5, 0.6) is 11.5 Å². The fourth-order valence-electron chi connectivity index (χ4n) is 2.55. The Hall–Kier alpha value is -1.22. The first-order valence-electron chi connectivity index (χ1n) is 6.19. The van der Waals surface area contributed by atoms with Gasteiger partial charge in [-0.1, -0.05) is 6.07 Å². The molecule has 1 aliphatic rings. The second-order valence-electron chi connectivity index (χ2n) is 4.62. The highest BCUT2D eigenvalue weighted by molar-refractivity contribution is 5.49. The number of benzene rings is 1. The number of aryl methyl sites for hydroxylation is 1. The molecule has 1 heterocycles. The summed E-state index contributed by atoms with van der Waals surface area (Å²) >= 11 is 0. The second kappa shape index (κ2) is 5.41. The molecule has 0 saturated carbocycles. The molecule has 0 radical (unpaired) electrons. The van der Waals surface area contributed by atoms with Gasteiger partial charge in [0.05, 0.1) is 14.2 Å². The Kier molecular flexibility index (Phi) is 3.89. The van der Waals surface area contributed by atoms with Crippen LogP contribution >= 0.6 is 0 Å². The minimum atomic E-state index is 0.599. The summed E-state index contributed by atoms with van der Waals surface area (Å²) in [6.07, 6.45) is 2.50. The molecule has 1 saturated heterocycles. The van der Waals surface area contributed by atoms with Crippen LogP contribution in [-0.4, -0.2) is 27.3 Å². The Morgan fingerprint density at radius 2 is 2.06 bits per heavy atom. The van der Waals surface area contributed by atoms with Crippen molar-refractivity contribution in [2.75, 3.05) is 27.3 Å². The summed E-state index contributed by atoms with van der Waals surface area (Å²) < 4.78 is 10.8. The van der Waals surface area contributed by atoms with E-state index in [0.29, 0.717) is 5.92 Å². The van der Waals surface area contributed by atoms with E-state index in [9.17, 15) is 0 Å². The first-order valence-corrected chi connectivity index (χ1v) is 6.19. The van der Waals surface area contributed by atoms with Crippen molar-refractivity contribution in [2.24, 2.45) is 0 Å². The molecule has 17 heavy (non-hydrogen) atoms. The largest absolute Gasteiger partial charge is 0.493 e. The minimum absolute atomic E-state index is 0.599. The van der Waals surface area contributed by atoms with Gasteiger partial charge in [-0.3, -0.25) is 0 Å². The van der Waals surface area contributed by atoms with Gasteiger partial charge in [0.25, 0.3) is 0 Å². The van der Waals surface area contributed by atoms with Crippen LogP contribution in [0, 0.1) is 6.92 Å². The molecule has 1 fully saturated rings. The third-order valence-electron chi connectivity index (χ3n) is 3.46. The van der Waals surface area contributed by atoms with Crippen molar-refractivity contribution in [1.82, 2.24) is 5.32 Å². The maximum atomic E-state index is 5.40. The fraction of sp³-hybridized carbons (Fsp3) is 0.571. The van der Waals surface area contributed by atoms with Crippen molar-refractivity contribution in [3.8, 4) is 11.5 Å². The van der Waals surface area contributed by atoms with Gasteiger partial charge in [0.1, 0.15) is 0 Å². The Balaban J connectivity index is 2.31. The normalized spacial score (nSPS) is 20.1. The van der Waals surface area contributed by atoms with Crippen LogP contribution in [-0.2, 0) is 0 Å². The van der Waals surface area contributed by atoms with Crippen LogP contribution in [0.2, 0.25) is 0 Å². The Morgan fingerprint density at radius 3 is 2.65 bits per heavy atom. The molecule has 1 aliphatic heterocycles. The van der Waals surface area contributed by atoms with E-state index in [-0.39, 0.29) is 0 Å². The minimum Gasteiger partial charge on any atom is -0.493 e. The monoisotopic (exact) mass is 235 g/mol. The van der Waals surface area contributed by atoms with Crippen molar-refractivity contribution < 1.29 is 9.47 Å². The highest BCUT2D eigenvalue weighted by Crippen LogP contribution is 2.35. The molecule has 1 aromatic carbocycles. The van der Waals surface area contributed by atoms with E-state index in [4.69, 9.17) is 9.47 Å². The first kappa shape index (κ1) is 12.2. The van der Waals surface area contributed by atoms with Gasteiger partial charge in [-0.2, -0.15) is 0 Å². The molecule has 0 amide bonds. The van der Waals surface area contributed by atoms with Gasteiger partial charge >= 0.3 is 0 Å². The summed E-state index contributed by atoms with van der Waals surface area (Å²) in [4.78, 5) is 0.